The number of aliphatic hydroxyl groups is 1. The summed E-state index contributed by atoms with van der Waals surface area (Å²) in [6.45, 7) is 1.21. The Morgan fingerprint density at radius 2 is 1.88 bits per heavy atom. The summed E-state index contributed by atoms with van der Waals surface area (Å²) in [5.41, 5.74) is -1.90. The van der Waals surface area contributed by atoms with Crippen LogP contribution in [0.4, 0.5) is 24.7 Å². The van der Waals surface area contributed by atoms with Gasteiger partial charge in [0.1, 0.15) is 29.3 Å². The lowest BCUT2D eigenvalue weighted by Gasteiger charge is -2.39. The molecule has 0 radical (unpaired) electrons. The van der Waals surface area contributed by atoms with Crippen LogP contribution in [-0.2, 0) is 14.4 Å². The molecule has 1 aliphatic heterocycles. The van der Waals surface area contributed by atoms with Crippen LogP contribution in [0.1, 0.15) is 43.4 Å². The third kappa shape index (κ3) is 5.91. The molecule has 9 nitrogen and oxygen atoms in total. The lowest BCUT2D eigenvalue weighted by atomic mass is 9.87. The Balaban J connectivity index is 1.65. The number of aromatic nitrogens is 1. The Labute approximate surface area is 249 Å². The second kappa shape index (κ2) is 11.3. The molecule has 3 atom stereocenters. The van der Waals surface area contributed by atoms with E-state index < -0.39 is 72.5 Å². The molecule has 43 heavy (non-hydrogen) atoms. The van der Waals surface area contributed by atoms with Crippen molar-refractivity contribution in [3.8, 4) is 6.07 Å². The van der Waals surface area contributed by atoms with Gasteiger partial charge < -0.3 is 10.4 Å². The molecule has 222 valence electrons. The van der Waals surface area contributed by atoms with Crippen LogP contribution in [0.2, 0.25) is 5.02 Å². The SMILES string of the molecule is CC1(O)C[C@@H](C(=O)N(c2cccc(F)c2)[C@H](C(=O)NC2CC(F)(F)C2)c2ccccc2Cl)N(c2cc(C#N)ccn2)C1=O. The Bertz CT molecular complexity index is 1640. The van der Waals surface area contributed by atoms with Crippen molar-refractivity contribution in [2.75, 3.05) is 9.80 Å². The summed E-state index contributed by atoms with van der Waals surface area (Å²) in [7, 11) is 0. The van der Waals surface area contributed by atoms with E-state index in [-0.39, 0.29) is 27.7 Å². The first-order chi connectivity index (χ1) is 20.3. The van der Waals surface area contributed by atoms with Gasteiger partial charge in [-0.15, -0.1) is 0 Å². The van der Waals surface area contributed by atoms with Crippen molar-refractivity contribution in [2.45, 2.75) is 55.8 Å². The van der Waals surface area contributed by atoms with Gasteiger partial charge in [-0.3, -0.25) is 24.2 Å². The third-order valence-electron chi connectivity index (χ3n) is 7.46. The van der Waals surface area contributed by atoms with Crippen LogP contribution in [0.3, 0.4) is 0 Å². The summed E-state index contributed by atoms with van der Waals surface area (Å²) >= 11 is 6.49. The highest BCUT2D eigenvalue weighted by atomic mass is 35.5. The van der Waals surface area contributed by atoms with E-state index in [1.54, 1.807) is 12.1 Å². The van der Waals surface area contributed by atoms with Gasteiger partial charge in [0.15, 0.2) is 0 Å². The number of nitriles is 1. The van der Waals surface area contributed by atoms with Gasteiger partial charge in [0.25, 0.3) is 17.7 Å². The molecule has 2 fully saturated rings. The normalized spacial score (nSPS) is 21.9. The number of alkyl halides is 2. The van der Waals surface area contributed by atoms with Crippen molar-refractivity contribution >= 4 is 40.8 Å². The summed E-state index contributed by atoms with van der Waals surface area (Å²) in [6, 6.07) is 11.5. The van der Waals surface area contributed by atoms with E-state index in [2.05, 4.69) is 10.3 Å². The molecule has 1 aliphatic carbocycles. The van der Waals surface area contributed by atoms with E-state index in [0.29, 0.717) is 0 Å². The van der Waals surface area contributed by atoms with Gasteiger partial charge in [-0.1, -0.05) is 35.9 Å². The Morgan fingerprint density at radius 3 is 2.53 bits per heavy atom. The average molecular weight is 612 g/mol. The summed E-state index contributed by atoms with van der Waals surface area (Å²) < 4.78 is 41.8. The third-order valence-corrected chi connectivity index (χ3v) is 7.80. The molecule has 1 saturated carbocycles. The van der Waals surface area contributed by atoms with Crippen LogP contribution < -0.4 is 15.1 Å². The molecule has 1 saturated heterocycles. The van der Waals surface area contributed by atoms with E-state index in [1.165, 1.54) is 49.5 Å². The minimum absolute atomic E-state index is 0.0607. The summed E-state index contributed by atoms with van der Waals surface area (Å²) in [6.07, 6.45) is -0.387. The van der Waals surface area contributed by atoms with Crippen LogP contribution in [0, 0.1) is 17.1 Å². The molecule has 3 aromatic rings. The van der Waals surface area contributed by atoms with Gasteiger partial charge in [0, 0.05) is 47.8 Å². The number of carbonyl (C=O) groups is 3. The van der Waals surface area contributed by atoms with Crippen molar-refractivity contribution in [1.82, 2.24) is 10.3 Å². The number of benzene rings is 2. The number of pyridine rings is 1. The number of halogens is 4. The molecular formula is C30H25ClF3N5O4. The molecule has 3 amide bonds. The quantitative estimate of drug-likeness (QED) is 0.410. The number of anilines is 2. The zero-order valence-electron chi connectivity index (χ0n) is 22.7. The highest BCUT2D eigenvalue weighted by Crippen LogP contribution is 2.40. The highest BCUT2D eigenvalue weighted by Gasteiger charge is 2.54. The van der Waals surface area contributed by atoms with Gasteiger partial charge in [-0.05, 0) is 43.3 Å². The van der Waals surface area contributed by atoms with Crippen LogP contribution in [-0.4, -0.2) is 51.4 Å². The lowest BCUT2D eigenvalue weighted by molar-refractivity contribution is -0.133. The van der Waals surface area contributed by atoms with E-state index >= 15 is 0 Å². The van der Waals surface area contributed by atoms with Crippen molar-refractivity contribution in [1.29, 1.82) is 5.26 Å². The van der Waals surface area contributed by atoms with E-state index in [0.717, 1.165) is 21.9 Å². The van der Waals surface area contributed by atoms with E-state index in [4.69, 9.17) is 11.6 Å². The Kier molecular flexibility index (Phi) is 7.89. The zero-order valence-corrected chi connectivity index (χ0v) is 23.4. The van der Waals surface area contributed by atoms with Gasteiger partial charge in [-0.25, -0.2) is 18.2 Å². The number of nitrogens with zero attached hydrogens (tertiary/aromatic N) is 4. The number of hydrogen-bond acceptors (Lipinski definition) is 6. The van der Waals surface area contributed by atoms with Crippen molar-refractivity contribution in [3.05, 3.63) is 88.8 Å². The summed E-state index contributed by atoms with van der Waals surface area (Å²) in [4.78, 5) is 47.9. The largest absolute Gasteiger partial charge is 0.380 e. The lowest BCUT2D eigenvalue weighted by Crippen LogP contribution is -2.56. The van der Waals surface area contributed by atoms with Gasteiger partial charge >= 0.3 is 0 Å². The predicted octanol–water partition coefficient (Wildman–Crippen LogP) is 4.29. The molecule has 0 spiro atoms. The maximum absolute atomic E-state index is 14.6. The Hall–Kier alpha value is -4.47. The highest BCUT2D eigenvalue weighted by molar-refractivity contribution is 6.31. The first-order valence-corrected chi connectivity index (χ1v) is 13.6. The molecule has 2 N–H and O–H groups in total. The molecule has 1 aromatic heterocycles. The number of carbonyl (C=O) groups excluding carboxylic acids is 3. The summed E-state index contributed by atoms with van der Waals surface area (Å²) in [5.74, 6) is -6.46. The predicted molar refractivity (Wildman–Crippen MR) is 150 cm³/mol. The standard InChI is InChI=1S/C30H25ClF3N5O4/c1-29(43)15-23(39(28(29)42)24-11-17(16-35)9-10-36-24)27(41)38(20-6-4-5-18(32)12-20)25(21-7-2-3-8-22(21)31)26(40)37-19-13-30(33,34)14-19/h2-12,19,23,25,43H,13-15H2,1H3,(H,37,40)/t23-,25-,29?/m0/s1. The van der Waals surface area contributed by atoms with Crippen LogP contribution in [0.5, 0.6) is 0 Å². The van der Waals surface area contributed by atoms with Gasteiger partial charge in [0.05, 0.1) is 11.6 Å². The molecule has 0 bridgehead atoms. The topological polar surface area (TPSA) is 127 Å². The first-order valence-electron chi connectivity index (χ1n) is 13.2. The maximum atomic E-state index is 14.6. The number of nitrogens with one attached hydrogen (secondary N) is 1. The molecular weight excluding hydrogens is 587 g/mol. The van der Waals surface area contributed by atoms with E-state index in [9.17, 15) is 37.9 Å². The maximum Gasteiger partial charge on any atom is 0.260 e. The number of rotatable bonds is 7. The molecule has 2 aromatic carbocycles. The van der Waals surface area contributed by atoms with Crippen molar-refractivity contribution < 1.29 is 32.7 Å². The molecule has 2 heterocycles. The second-order valence-corrected chi connectivity index (χ2v) is 11.2. The van der Waals surface area contributed by atoms with Crippen molar-refractivity contribution in [2.24, 2.45) is 0 Å². The van der Waals surface area contributed by atoms with Crippen LogP contribution in [0.25, 0.3) is 0 Å². The minimum atomic E-state index is -2.95. The first kappa shape index (κ1) is 30.0. The number of amides is 3. The minimum Gasteiger partial charge on any atom is -0.380 e. The van der Waals surface area contributed by atoms with Crippen LogP contribution >= 0.6 is 11.6 Å². The van der Waals surface area contributed by atoms with Crippen LogP contribution in [0.15, 0.2) is 66.9 Å². The second-order valence-electron chi connectivity index (χ2n) is 10.8. The van der Waals surface area contributed by atoms with E-state index in [1.807, 2.05) is 6.07 Å². The molecule has 13 heteroatoms. The molecule has 5 rings (SSSR count). The Morgan fingerprint density at radius 1 is 1.16 bits per heavy atom. The van der Waals surface area contributed by atoms with Gasteiger partial charge in [-0.2, -0.15) is 5.26 Å². The molecule has 1 unspecified atom stereocenters. The average Bonchev–Trinajstić information content (AvgIpc) is 3.19. The fraction of sp³-hybridized carbons (Fsp3) is 0.300. The fourth-order valence-electron chi connectivity index (χ4n) is 5.37. The smallest absolute Gasteiger partial charge is 0.260 e. The monoisotopic (exact) mass is 611 g/mol. The number of hydrogen-bond donors (Lipinski definition) is 2. The fourth-order valence-corrected chi connectivity index (χ4v) is 5.60. The molecule has 2 aliphatic rings. The summed E-state index contributed by atoms with van der Waals surface area (Å²) in [5, 5.41) is 23.0. The zero-order chi connectivity index (χ0) is 31.1. The van der Waals surface area contributed by atoms with Crippen molar-refractivity contribution in [3.63, 3.8) is 0 Å². The van der Waals surface area contributed by atoms with Gasteiger partial charge in [0.2, 0.25) is 5.91 Å².